The van der Waals surface area contributed by atoms with E-state index in [9.17, 15) is 13.6 Å². The van der Waals surface area contributed by atoms with E-state index in [2.05, 4.69) is 4.98 Å². The van der Waals surface area contributed by atoms with Gasteiger partial charge in [-0.2, -0.15) is 8.78 Å². The summed E-state index contributed by atoms with van der Waals surface area (Å²) in [6.07, 6.45) is 1.54. The zero-order chi connectivity index (χ0) is 15.6. The average molecular weight is 320 g/mol. The topological polar surface area (TPSA) is 33.2 Å². The van der Waals surface area contributed by atoms with Crippen LogP contribution in [0.5, 0.6) is 0 Å². The van der Waals surface area contributed by atoms with Crippen molar-refractivity contribution in [1.29, 1.82) is 0 Å². The molecular weight excluding hydrogens is 306 g/mol. The van der Waals surface area contributed by atoms with Crippen LogP contribution in [0.4, 0.5) is 8.78 Å². The predicted octanol–water partition coefficient (Wildman–Crippen LogP) is 3.35. The lowest BCUT2D eigenvalue weighted by atomic mass is 10.1. The molecule has 0 unspecified atom stereocenters. The third-order valence-corrected chi connectivity index (χ3v) is 4.52. The smallest absolute Gasteiger partial charge is 0.329 e. The highest BCUT2D eigenvalue weighted by Gasteiger charge is 2.43. The van der Waals surface area contributed by atoms with E-state index in [-0.39, 0.29) is 13.1 Å². The van der Waals surface area contributed by atoms with Crippen LogP contribution in [0, 0.1) is 0 Å². The number of carbonyl (C=O) groups excluding carboxylic acids is 1. The molecule has 3 nitrogen and oxygen atoms in total. The van der Waals surface area contributed by atoms with Gasteiger partial charge in [0.2, 0.25) is 0 Å². The lowest BCUT2D eigenvalue weighted by molar-refractivity contribution is -0.154. The van der Waals surface area contributed by atoms with Gasteiger partial charge in [-0.1, -0.05) is 42.1 Å². The molecule has 0 radical (unpaired) electrons. The molecule has 6 heteroatoms. The van der Waals surface area contributed by atoms with Crippen molar-refractivity contribution in [2.45, 2.75) is 24.0 Å². The van der Waals surface area contributed by atoms with E-state index in [1.54, 1.807) is 24.4 Å². The second kappa shape index (κ2) is 6.04. The molecule has 22 heavy (non-hydrogen) atoms. The first-order chi connectivity index (χ1) is 10.6. The van der Waals surface area contributed by atoms with Gasteiger partial charge in [-0.15, -0.1) is 0 Å². The van der Waals surface area contributed by atoms with Gasteiger partial charge in [-0.05, 0) is 23.3 Å². The monoisotopic (exact) mass is 320 g/mol. The number of fused-ring (bicyclic) bond motifs is 1. The van der Waals surface area contributed by atoms with E-state index in [0.717, 1.165) is 22.9 Å². The van der Waals surface area contributed by atoms with Gasteiger partial charge in [0, 0.05) is 19.3 Å². The summed E-state index contributed by atoms with van der Waals surface area (Å²) in [5, 5.41) is 0.486. The molecule has 1 amide bonds. The Morgan fingerprint density at radius 1 is 1.14 bits per heavy atom. The van der Waals surface area contributed by atoms with Gasteiger partial charge >= 0.3 is 5.92 Å². The highest BCUT2D eigenvalue weighted by atomic mass is 32.2. The van der Waals surface area contributed by atoms with Gasteiger partial charge in [0.05, 0.1) is 10.8 Å². The van der Waals surface area contributed by atoms with Crippen LogP contribution in [0.3, 0.4) is 0 Å². The zero-order valence-electron chi connectivity index (χ0n) is 11.7. The van der Waals surface area contributed by atoms with Crippen molar-refractivity contribution >= 4 is 17.7 Å². The van der Waals surface area contributed by atoms with Crippen LogP contribution in [0.2, 0.25) is 0 Å². The maximum Gasteiger partial charge on any atom is 0.334 e. The Hall–Kier alpha value is -1.95. The quantitative estimate of drug-likeness (QED) is 0.810. The second-order valence-electron chi connectivity index (χ2n) is 5.09. The molecule has 2 heterocycles. The number of hydrogen-bond donors (Lipinski definition) is 0. The van der Waals surface area contributed by atoms with Crippen molar-refractivity contribution < 1.29 is 13.6 Å². The summed E-state index contributed by atoms with van der Waals surface area (Å²) in [7, 11) is 0. The first-order valence-corrected chi connectivity index (χ1v) is 7.83. The SMILES string of the molecule is O=C(N1Cc2ccccc2C1)C(F)(F)CSc1ccccn1. The fraction of sp³-hybridized carbons (Fsp3) is 0.250. The third kappa shape index (κ3) is 3.11. The van der Waals surface area contributed by atoms with Crippen LogP contribution in [0.15, 0.2) is 53.7 Å². The highest BCUT2D eigenvalue weighted by molar-refractivity contribution is 7.99. The van der Waals surface area contributed by atoms with E-state index in [0.29, 0.717) is 5.03 Å². The number of alkyl halides is 2. The summed E-state index contributed by atoms with van der Waals surface area (Å²) in [5.41, 5.74) is 1.87. The van der Waals surface area contributed by atoms with Crippen molar-refractivity contribution in [1.82, 2.24) is 9.88 Å². The molecule has 0 atom stereocenters. The molecule has 0 spiro atoms. The lowest BCUT2D eigenvalue weighted by Crippen LogP contribution is -2.42. The molecule has 0 N–H and O–H groups in total. The van der Waals surface area contributed by atoms with Gasteiger partial charge in [-0.25, -0.2) is 4.98 Å². The first-order valence-electron chi connectivity index (χ1n) is 6.84. The number of hydrogen-bond acceptors (Lipinski definition) is 3. The van der Waals surface area contributed by atoms with Gasteiger partial charge in [-0.3, -0.25) is 4.79 Å². The van der Waals surface area contributed by atoms with Crippen LogP contribution >= 0.6 is 11.8 Å². The number of benzene rings is 1. The Labute approximate surface area is 131 Å². The molecule has 0 aliphatic carbocycles. The van der Waals surface area contributed by atoms with Gasteiger partial charge < -0.3 is 4.90 Å². The maximum atomic E-state index is 14.1. The molecule has 1 aromatic heterocycles. The van der Waals surface area contributed by atoms with E-state index >= 15 is 0 Å². The van der Waals surface area contributed by atoms with Gasteiger partial charge in [0.15, 0.2) is 0 Å². The minimum Gasteiger partial charge on any atom is -0.329 e. The Kier molecular flexibility index (Phi) is 4.11. The molecule has 1 aromatic carbocycles. The van der Waals surface area contributed by atoms with Crippen molar-refractivity contribution in [2.24, 2.45) is 0 Å². The molecule has 2 aromatic rings. The molecule has 1 aliphatic heterocycles. The lowest BCUT2D eigenvalue weighted by Gasteiger charge is -2.22. The minimum absolute atomic E-state index is 0.249. The van der Waals surface area contributed by atoms with Crippen LogP contribution in [-0.2, 0) is 17.9 Å². The summed E-state index contributed by atoms with van der Waals surface area (Å²) in [6, 6.07) is 12.5. The van der Waals surface area contributed by atoms with Crippen molar-refractivity contribution in [3.63, 3.8) is 0 Å². The number of halogens is 2. The molecular formula is C16H14F2N2OS. The van der Waals surface area contributed by atoms with Crippen LogP contribution in [0.1, 0.15) is 11.1 Å². The number of thioether (sulfide) groups is 1. The summed E-state index contributed by atoms with van der Waals surface area (Å²) >= 11 is 0.890. The summed E-state index contributed by atoms with van der Waals surface area (Å²) in [6.45, 7) is 0.498. The summed E-state index contributed by atoms with van der Waals surface area (Å²) in [4.78, 5) is 17.3. The Morgan fingerprint density at radius 3 is 2.36 bits per heavy atom. The first kappa shape index (κ1) is 15.0. The normalized spacial score (nSPS) is 14.0. The van der Waals surface area contributed by atoms with Crippen LogP contribution in [0.25, 0.3) is 0 Å². The van der Waals surface area contributed by atoms with Gasteiger partial charge in [0.25, 0.3) is 5.91 Å². The fourth-order valence-corrected chi connectivity index (χ4v) is 3.13. The Balaban J connectivity index is 1.64. The molecule has 0 fully saturated rings. The van der Waals surface area contributed by atoms with E-state index in [1.807, 2.05) is 24.3 Å². The average Bonchev–Trinajstić information content (AvgIpc) is 2.97. The predicted molar refractivity (Wildman–Crippen MR) is 80.6 cm³/mol. The van der Waals surface area contributed by atoms with E-state index < -0.39 is 17.6 Å². The number of rotatable bonds is 4. The summed E-state index contributed by atoms with van der Waals surface area (Å²) < 4.78 is 28.3. The Bertz CT molecular complexity index is 654. The number of amides is 1. The van der Waals surface area contributed by atoms with Crippen LogP contribution in [-0.4, -0.2) is 27.5 Å². The largest absolute Gasteiger partial charge is 0.334 e. The van der Waals surface area contributed by atoms with Crippen molar-refractivity contribution in [3.05, 3.63) is 59.8 Å². The van der Waals surface area contributed by atoms with Crippen molar-refractivity contribution in [3.8, 4) is 0 Å². The Morgan fingerprint density at radius 2 is 1.77 bits per heavy atom. The van der Waals surface area contributed by atoms with Crippen LogP contribution < -0.4 is 0 Å². The number of pyridine rings is 1. The molecule has 1 aliphatic rings. The fourth-order valence-electron chi connectivity index (χ4n) is 2.37. The van der Waals surface area contributed by atoms with Crippen molar-refractivity contribution in [2.75, 3.05) is 5.75 Å². The summed E-state index contributed by atoms with van der Waals surface area (Å²) in [5.74, 6) is -5.12. The third-order valence-electron chi connectivity index (χ3n) is 3.48. The number of carbonyl (C=O) groups is 1. The molecule has 114 valence electrons. The highest BCUT2D eigenvalue weighted by Crippen LogP contribution is 2.30. The molecule has 0 saturated heterocycles. The van der Waals surface area contributed by atoms with Gasteiger partial charge in [0.1, 0.15) is 0 Å². The molecule has 0 bridgehead atoms. The molecule has 3 rings (SSSR count). The van der Waals surface area contributed by atoms with E-state index in [4.69, 9.17) is 0 Å². The maximum absolute atomic E-state index is 14.1. The number of aromatic nitrogens is 1. The standard InChI is InChI=1S/C16H14F2N2OS/c17-16(18,11-22-14-7-3-4-8-19-14)15(21)20-9-12-5-1-2-6-13(12)10-20/h1-8H,9-11H2. The minimum atomic E-state index is -3.40. The zero-order valence-corrected chi connectivity index (χ0v) is 12.5. The number of nitrogens with zero attached hydrogens (tertiary/aromatic N) is 2. The molecule has 0 saturated carbocycles. The van der Waals surface area contributed by atoms with E-state index in [1.165, 1.54) is 4.90 Å². The second-order valence-corrected chi connectivity index (χ2v) is 6.09.